The first-order valence-corrected chi connectivity index (χ1v) is 6.72. The summed E-state index contributed by atoms with van der Waals surface area (Å²) in [7, 11) is 0. The summed E-state index contributed by atoms with van der Waals surface area (Å²) in [5.41, 5.74) is 1.99. The summed E-state index contributed by atoms with van der Waals surface area (Å²) in [6.07, 6.45) is 5.15. The quantitative estimate of drug-likeness (QED) is 0.713. The van der Waals surface area contributed by atoms with Crippen LogP contribution in [0.5, 0.6) is 0 Å². The molecular weight excluding hydrogens is 226 g/mol. The number of aromatic amines is 1. The fraction of sp³-hybridized carbons (Fsp3) is 0.500. The molecule has 2 atom stereocenters. The third-order valence-corrected chi connectivity index (χ3v) is 3.69. The van der Waals surface area contributed by atoms with Crippen molar-refractivity contribution in [1.82, 2.24) is 9.97 Å². The van der Waals surface area contributed by atoms with E-state index in [1.54, 1.807) is 0 Å². The highest BCUT2D eigenvalue weighted by Gasteiger charge is 2.22. The summed E-state index contributed by atoms with van der Waals surface area (Å²) in [4.78, 5) is 7.74. The first kappa shape index (κ1) is 11.5. The van der Waals surface area contributed by atoms with Gasteiger partial charge in [0.2, 0.25) is 5.95 Å². The van der Waals surface area contributed by atoms with E-state index in [9.17, 15) is 5.11 Å². The second-order valence-corrected chi connectivity index (χ2v) is 5.06. The average molecular weight is 245 g/mol. The summed E-state index contributed by atoms with van der Waals surface area (Å²) in [6.45, 7) is 0. The molecule has 3 rings (SSSR count). The maximum atomic E-state index is 10.1. The lowest BCUT2D eigenvalue weighted by molar-refractivity contribution is 0.144. The van der Waals surface area contributed by atoms with Gasteiger partial charge in [0.25, 0.3) is 0 Å². The van der Waals surface area contributed by atoms with Crippen molar-refractivity contribution in [3.63, 3.8) is 0 Å². The van der Waals surface area contributed by atoms with Gasteiger partial charge in [-0.3, -0.25) is 0 Å². The van der Waals surface area contributed by atoms with E-state index in [0.29, 0.717) is 0 Å². The maximum Gasteiger partial charge on any atom is 0.201 e. The van der Waals surface area contributed by atoms with Crippen LogP contribution in [-0.4, -0.2) is 27.2 Å². The highest BCUT2D eigenvalue weighted by molar-refractivity contribution is 5.77. The summed E-state index contributed by atoms with van der Waals surface area (Å²) >= 11 is 0. The predicted octanol–water partition coefficient (Wildman–Crippen LogP) is 2.67. The number of hydrogen-bond donors (Lipinski definition) is 3. The number of para-hydroxylation sites is 2. The zero-order chi connectivity index (χ0) is 12.4. The maximum absolute atomic E-state index is 10.1. The van der Waals surface area contributed by atoms with E-state index in [4.69, 9.17) is 0 Å². The van der Waals surface area contributed by atoms with Gasteiger partial charge in [0.15, 0.2) is 0 Å². The minimum absolute atomic E-state index is 0.119. The summed E-state index contributed by atoms with van der Waals surface area (Å²) in [5, 5.41) is 13.4. The SMILES string of the molecule is OC1CCCCCC1Nc1nc2ccccc2[nH]1. The first-order valence-electron chi connectivity index (χ1n) is 6.72. The molecule has 0 bridgehead atoms. The smallest absolute Gasteiger partial charge is 0.201 e. The molecule has 1 aliphatic carbocycles. The van der Waals surface area contributed by atoms with Crippen molar-refractivity contribution < 1.29 is 5.11 Å². The summed E-state index contributed by atoms with van der Waals surface area (Å²) < 4.78 is 0. The van der Waals surface area contributed by atoms with E-state index < -0.39 is 0 Å². The Labute approximate surface area is 106 Å². The number of fused-ring (bicyclic) bond motifs is 1. The number of aliphatic hydroxyl groups excluding tert-OH is 1. The minimum atomic E-state index is -0.263. The summed E-state index contributed by atoms with van der Waals surface area (Å²) in [6, 6.07) is 8.09. The van der Waals surface area contributed by atoms with Gasteiger partial charge in [0.05, 0.1) is 23.2 Å². The Morgan fingerprint density at radius 3 is 2.89 bits per heavy atom. The van der Waals surface area contributed by atoms with Crippen molar-refractivity contribution in [2.45, 2.75) is 44.2 Å². The van der Waals surface area contributed by atoms with Gasteiger partial charge in [-0.15, -0.1) is 0 Å². The largest absolute Gasteiger partial charge is 0.391 e. The fourth-order valence-corrected chi connectivity index (χ4v) is 2.65. The molecule has 1 aromatic carbocycles. The Balaban J connectivity index is 1.78. The van der Waals surface area contributed by atoms with Crippen molar-refractivity contribution >= 4 is 17.0 Å². The van der Waals surface area contributed by atoms with Crippen LogP contribution in [0.3, 0.4) is 0 Å². The molecule has 4 heteroatoms. The normalized spacial score (nSPS) is 24.9. The van der Waals surface area contributed by atoms with Gasteiger partial charge in [0, 0.05) is 0 Å². The molecule has 18 heavy (non-hydrogen) atoms. The van der Waals surface area contributed by atoms with E-state index in [0.717, 1.165) is 36.2 Å². The summed E-state index contributed by atoms with van der Waals surface area (Å²) in [5.74, 6) is 0.766. The number of rotatable bonds is 2. The Morgan fingerprint density at radius 1 is 1.17 bits per heavy atom. The number of imidazole rings is 1. The second kappa shape index (κ2) is 4.98. The molecule has 4 nitrogen and oxygen atoms in total. The number of aromatic nitrogens is 2. The molecule has 3 N–H and O–H groups in total. The number of nitrogens with zero attached hydrogens (tertiary/aromatic N) is 1. The number of anilines is 1. The number of aliphatic hydroxyl groups is 1. The molecule has 1 heterocycles. The van der Waals surface area contributed by atoms with E-state index in [2.05, 4.69) is 15.3 Å². The van der Waals surface area contributed by atoms with Gasteiger partial charge >= 0.3 is 0 Å². The highest BCUT2D eigenvalue weighted by atomic mass is 16.3. The van der Waals surface area contributed by atoms with Crippen molar-refractivity contribution in [2.24, 2.45) is 0 Å². The molecule has 0 saturated heterocycles. The molecule has 1 fully saturated rings. The van der Waals surface area contributed by atoms with Crippen molar-refractivity contribution in [2.75, 3.05) is 5.32 Å². The molecule has 0 spiro atoms. The second-order valence-electron chi connectivity index (χ2n) is 5.06. The van der Waals surface area contributed by atoms with Crippen LogP contribution in [0, 0.1) is 0 Å². The molecular formula is C14H19N3O. The van der Waals surface area contributed by atoms with Crippen LogP contribution in [-0.2, 0) is 0 Å². The van der Waals surface area contributed by atoms with Crippen molar-refractivity contribution in [3.8, 4) is 0 Å². The van der Waals surface area contributed by atoms with Crippen LogP contribution < -0.4 is 5.32 Å². The van der Waals surface area contributed by atoms with Crippen molar-refractivity contribution in [1.29, 1.82) is 0 Å². The number of nitrogens with one attached hydrogen (secondary N) is 2. The van der Waals surface area contributed by atoms with Crippen LogP contribution in [0.15, 0.2) is 24.3 Å². The van der Waals surface area contributed by atoms with Crippen LogP contribution in [0.2, 0.25) is 0 Å². The Hall–Kier alpha value is -1.55. The molecule has 1 aromatic heterocycles. The molecule has 0 radical (unpaired) electrons. The number of hydrogen-bond acceptors (Lipinski definition) is 3. The lowest BCUT2D eigenvalue weighted by atomic mass is 10.1. The lowest BCUT2D eigenvalue weighted by Crippen LogP contribution is -2.32. The average Bonchev–Trinajstić information content (AvgIpc) is 2.68. The number of H-pyrrole nitrogens is 1. The van der Waals surface area contributed by atoms with E-state index in [1.165, 1.54) is 12.8 Å². The third-order valence-electron chi connectivity index (χ3n) is 3.69. The predicted molar refractivity (Wildman–Crippen MR) is 72.6 cm³/mol. The van der Waals surface area contributed by atoms with Crippen LogP contribution in [0.4, 0.5) is 5.95 Å². The molecule has 1 saturated carbocycles. The minimum Gasteiger partial charge on any atom is -0.391 e. The van der Waals surface area contributed by atoms with Gasteiger partial charge in [-0.1, -0.05) is 31.4 Å². The zero-order valence-corrected chi connectivity index (χ0v) is 10.4. The highest BCUT2D eigenvalue weighted by Crippen LogP contribution is 2.22. The van der Waals surface area contributed by atoms with Crippen molar-refractivity contribution in [3.05, 3.63) is 24.3 Å². The van der Waals surface area contributed by atoms with Gasteiger partial charge in [-0.2, -0.15) is 0 Å². The Kier molecular flexibility index (Phi) is 3.19. The topological polar surface area (TPSA) is 60.9 Å². The van der Waals surface area contributed by atoms with E-state index in [-0.39, 0.29) is 12.1 Å². The van der Waals surface area contributed by atoms with Crippen LogP contribution in [0.1, 0.15) is 32.1 Å². The molecule has 2 aromatic rings. The van der Waals surface area contributed by atoms with Crippen LogP contribution in [0.25, 0.3) is 11.0 Å². The van der Waals surface area contributed by atoms with Gasteiger partial charge in [0.1, 0.15) is 0 Å². The van der Waals surface area contributed by atoms with Gasteiger partial charge < -0.3 is 15.4 Å². The first-order chi connectivity index (χ1) is 8.83. The fourth-order valence-electron chi connectivity index (χ4n) is 2.65. The van der Waals surface area contributed by atoms with Gasteiger partial charge in [-0.25, -0.2) is 4.98 Å². The monoisotopic (exact) mass is 245 g/mol. The molecule has 1 aliphatic rings. The molecule has 0 amide bonds. The standard InChI is InChI=1S/C14H19N3O/c18-13-9-3-1-2-8-12(13)17-14-15-10-6-4-5-7-11(10)16-14/h4-7,12-13,18H,1-3,8-9H2,(H2,15,16,17). The van der Waals surface area contributed by atoms with E-state index in [1.807, 2.05) is 24.3 Å². The molecule has 96 valence electrons. The Bertz CT molecular complexity index is 489. The molecule has 2 unspecified atom stereocenters. The Morgan fingerprint density at radius 2 is 2.00 bits per heavy atom. The van der Waals surface area contributed by atoms with Crippen LogP contribution >= 0.6 is 0 Å². The third kappa shape index (κ3) is 2.34. The molecule has 0 aliphatic heterocycles. The van der Waals surface area contributed by atoms with Gasteiger partial charge in [-0.05, 0) is 25.0 Å². The lowest BCUT2D eigenvalue weighted by Gasteiger charge is -2.21. The van der Waals surface area contributed by atoms with E-state index >= 15 is 0 Å². The number of benzene rings is 1. The zero-order valence-electron chi connectivity index (χ0n) is 10.4.